The summed E-state index contributed by atoms with van der Waals surface area (Å²) >= 11 is 5.71. The van der Waals surface area contributed by atoms with Gasteiger partial charge in [-0.25, -0.2) is 0 Å². The molecule has 1 aromatic heterocycles. The molecule has 4 nitrogen and oxygen atoms in total. The van der Waals surface area contributed by atoms with E-state index in [0.29, 0.717) is 23.4 Å². The summed E-state index contributed by atoms with van der Waals surface area (Å²) in [5.74, 6) is 0.271. The van der Waals surface area contributed by atoms with Crippen molar-refractivity contribution in [3.63, 3.8) is 0 Å². The number of rotatable bonds is 2. The number of halogens is 1. The second-order valence-corrected chi connectivity index (χ2v) is 5.19. The molecule has 0 bridgehead atoms. The van der Waals surface area contributed by atoms with Crippen molar-refractivity contribution in [2.45, 2.75) is 18.9 Å². The van der Waals surface area contributed by atoms with Gasteiger partial charge in [0.2, 0.25) is 0 Å². The Hall–Kier alpha value is -1.78. The molecule has 1 aliphatic rings. The molecule has 2 heterocycles. The van der Waals surface area contributed by atoms with Crippen molar-refractivity contribution in [1.29, 1.82) is 0 Å². The van der Waals surface area contributed by atoms with Gasteiger partial charge in [0.1, 0.15) is 11.9 Å². The molecule has 0 spiro atoms. The summed E-state index contributed by atoms with van der Waals surface area (Å²) in [6.07, 6.45) is 0.856. The molecule has 0 aliphatic carbocycles. The molecule has 2 N–H and O–H groups in total. The molecule has 1 aromatic carbocycles. The van der Waals surface area contributed by atoms with Gasteiger partial charge in [0.05, 0.1) is 0 Å². The number of amides is 1. The van der Waals surface area contributed by atoms with Crippen LogP contribution in [0.5, 0.6) is 0 Å². The maximum Gasteiger partial charge on any atom is 0.251 e. The Balaban J connectivity index is 1.97. The topological polar surface area (TPSA) is 62.5 Å². The first-order valence-electron chi connectivity index (χ1n) is 6.49. The quantitative estimate of drug-likeness (QED) is 0.894. The van der Waals surface area contributed by atoms with Gasteiger partial charge in [-0.2, -0.15) is 0 Å². The lowest BCUT2D eigenvalue weighted by atomic mass is 9.97. The minimum atomic E-state index is -0.927. The zero-order valence-electron chi connectivity index (χ0n) is 10.7. The Labute approximate surface area is 121 Å². The fourth-order valence-corrected chi connectivity index (χ4v) is 2.56. The highest BCUT2D eigenvalue weighted by Gasteiger charge is 2.20. The van der Waals surface area contributed by atoms with Crippen molar-refractivity contribution in [3.05, 3.63) is 58.0 Å². The number of benzene rings is 1. The normalized spacial score (nSPS) is 16.2. The van der Waals surface area contributed by atoms with Crippen LogP contribution in [0.3, 0.4) is 0 Å². The van der Waals surface area contributed by atoms with E-state index in [1.165, 1.54) is 0 Å². The molecule has 1 amide bonds. The van der Waals surface area contributed by atoms with Crippen LogP contribution in [0.25, 0.3) is 0 Å². The Morgan fingerprint density at radius 3 is 2.90 bits per heavy atom. The minimum Gasteiger partial charge on any atom is -0.447 e. The number of hydrogen-bond acceptors (Lipinski definition) is 3. The number of nitrogens with one attached hydrogen (secondary N) is 1. The summed E-state index contributed by atoms with van der Waals surface area (Å²) in [6, 6.07) is 8.63. The Bertz CT molecular complexity index is 650. The number of carbonyl (C=O) groups is 1. The van der Waals surface area contributed by atoms with E-state index in [9.17, 15) is 9.90 Å². The molecule has 0 fully saturated rings. The van der Waals surface area contributed by atoms with E-state index >= 15 is 0 Å². The van der Waals surface area contributed by atoms with E-state index < -0.39 is 6.10 Å². The van der Waals surface area contributed by atoms with Crippen LogP contribution in [0.15, 0.2) is 34.7 Å². The van der Waals surface area contributed by atoms with Crippen LogP contribution in [0.4, 0.5) is 0 Å². The third-order valence-corrected chi connectivity index (χ3v) is 3.67. The van der Waals surface area contributed by atoms with Gasteiger partial charge in [0, 0.05) is 12.1 Å². The maximum atomic E-state index is 12.0. The van der Waals surface area contributed by atoms with E-state index in [1.807, 2.05) is 12.1 Å². The third kappa shape index (κ3) is 2.44. The van der Waals surface area contributed by atoms with Crippen LogP contribution in [-0.4, -0.2) is 17.6 Å². The fourth-order valence-electron chi connectivity index (χ4n) is 2.41. The average molecular weight is 292 g/mol. The van der Waals surface area contributed by atoms with Crippen LogP contribution >= 0.6 is 11.6 Å². The molecule has 0 radical (unpaired) electrons. The average Bonchev–Trinajstić information content (AvgIpc) is 2.80. The van der Waals surface area contributed by atoms with Gasteiger partial charge in [-0.3, -0.25) is 4.79 Å². The standard InChI is InChI=1S/C15H14ClNO3/c16-13-6-5-12(20-13)14(18)10-4-3-9-2-1-7-17-15(19)11(9)8-10/h3-6,8,14,18H,1-2,7H2,(H,17,19). The highest BCUT2D eigenvalue weighted by molar-refractivity contribution is 6.28. The van der Waals surface area contributed by atoms with Crippen molar-refractivity contribution in [2.24, 2.45) is 0 Å². The van der Waals surface area contributed by atoms with Crippen LogP contribution in [0, 0.1) is 0 Å². The first-order valence-corrected chi connectivity index (χ1v) is 6.87. The van der Waals surface area contributed by atoms with Crippen LogP contribution < -0.4 is 5.32 Å². The molecular weight excluding hydrogens is 278 g/mol. The summed E-state index contributed by atoms with van der Waals surface area (Å²) in [5.41, 5.74) is 2.25. The number of aryl methyl sites for hydroxylation is 1. The minimum absolute atomic E-state index is 0.0935. The van der Waals surface area contributed by atoms with Gasteiger partial charge in [0.25, 0.3) is 5.91 Å². The Morgan fingerprint density at radius 2 is 2.15 bits per heavy atom. The van der Waals surface area contributed by atoms with E-state index in [-0.39, 0.29) is 11.1 Å². The molecule has 2 aromatic rings. The van der Waals surface area contributed by atoms with Crippen LogP contribution in [0.2, 0.25) is 5.22 Å². The van der Waals surface area contributed by atoms with Crippen molar-refractivity contribution in [3.8, 4) is 0 Å². The predicted octanol–water partition coefficient (Wildman–Crippen LogP) is 2.69. The lowest BCUT2D eigenvalue weighted by Crippen LogP contribution is -2.22. The Morgan fingerprint density at radius 1 is 1.30 bits per heavy atom. The number of aliphatic hydroxyl groups is 1. The summed E-state index contributed by atoms with van der Waals surface area (Å²) < 4.78 is 5.21. The summed E-state index contributed by atoms with van der Waals surface area (Å²) in [7, 11) is 0. The summed E-state index contributed by atoms with van der Waals surface area (Å²) in [5, 5.41) is 13.4. The molecule has 0 saturated carbocycles. The fraction of sp³-hybridized carbons (Fsp3) is 0.267. The van der Waals surface area contributed by atoms with Gasteiger partial charge in [-0.1, -0.05) is 12.1 Å². The molecule has 5 heteroatoms. The second kappa shape index (κ2) is 5.31. The molecule has 3 rings (SSSR count). The van der Waals surface area contributed by atoms with Crippen LogP contribution in [0.1, 0.15) is 39.8 Å². The van der Waals surface area contributed by atoms with Crippen molar-refractivity contribution in [1.82, 2.24) is 5.32 Å². The van der Waals surface area contributed by atoms with Crippen LogP contribution in [-0.2, 0) is 6.42 Å². The van der Waals surface area contributed by atoms with Gasteiger partial charge in [-0.05, 0) is 53.8 Å². The molecular formula is C15H14ClNO3. The highest BCUT2D eigenvalue weighted by Crippen LogP contribution is 2.28. The second-order valence-electron chi connectivity index (χ2n) is 4.82. The number of hydrogen-bond donors (Lipinski definition) is 2. The predicted molar refractivity (Wildman–Crippen MR) is 74.9 cm³/mol. The van der Waals surface area contributed by atoms with E-state index in [2.05, 4.69) is 5.32 Å². The van der Waals surface area contributed by atoms with Crippen molar-refractivity contribution >= 4 is 17.5 Å². The smallest absolute Gasteiger partial charge is 0.251 e. The highest BCUT2D eigenvalue weighted by atomic mass is 35.5. The Kier molecular flexibility index (Phi) is 3.51. The molecule has 1 atom stereocenters. The largest absolute Gasteiger partial charge is 0.447 e. The van der Waals surface area contributed by atoms with Gasteiger partial charge >= 0.3 is 0 Å². The van der Waals surface area contributed by atoms with Gasteiger partial charge < -0.3 is 14.8 Å². The van der Waals surface area contributed by atoms with Gasteiger partial charge in [-0.15, -0.1) is 0 Å². The number of fused-ring (bicyclic) bond motifs is 1. The number of furan rings is 1. The molecule has 1 aliphatic heterocycles. The zero-order valence-corrected chi connectivity index (χ0v) is 11.5. The summed E-state index contributed by atoms with van der Waals surface area (Å²) in [4.78, 5) is 12.0. The third-order valence-electron chi connectivity index (χ3n) is 3.47. The SMILES string of the molecule is O=C1NCCCc2ccc(C(O)c3ccc(Cl)o3)cc21. The van der Waals surface area contributed by atoms with E-state index in [4.69, 9.17) is 16.0 Å². The van der Waals surface area contributed by atoms with E-state index in [1.54, 1.807) is 18.2 Å². The number of aliphatic hydroxyl groups excluding tert-OH is 1. The lowest BCUT2D eigenvalue weighted by molar-refractivity contribution is 0.0955. The van der Waals surface area contributed by atoms with Crippen molar-refractivity contribution < 1.29 is 14.3 Å². The molecule has 0 saturated heterocycles. The zero-order chi connectivity index (χ0) is 14.1. The van der Waals surface area contributed by atoms with Gasteiger partial charge in [0.15, 0.2) is 5.22 Å². The van der Waals surface area contributed by atoms with E-state index in [0.717, 1.165) is 18.4 Å². The first-order chi connectivity index (χ1) is 9.65. The lowest BCUT2D eigenvalue weighted by Gasteiger charge is -2.11. The number of carbonyl (C=O) groups excluding carboxylic acids is 1. The molecule has 20 heavy (non-hydrogen) atoms. The van der Waals surface area contributed by atoms with Crippen molar-refractivity contribution in [2.75, 3.05) is 6.54 Å². The maximum absolute atomic E-state index is 12.0. The molecule has 104 valence electrons. The molecule has 1 unspecified atom stereocenters. The first kappa shape index (κ1) is 13.2. The monoisotopic (exact) mass is 291 g/mol. The summed E-state index contributed by atoms with van der Waals surface area (Å²) in [6.45, 7) is 0.680.